The van der Waals surface area contributed by atoms with Gasteiger partial charge in [0.05, 0.1) is 18.3 Å². The molecule has 0 aromatic heterocycles. The van der Waals surface area contributed by atoms with E-state index >= 15 is 0 Å². The Kier molecular flexibility index (Phi) is 8.83. The van der Waals surface area contributed by atoms with E-state index in [1.54, 1.807) is 0 Å². The molecule has 17 heavy (non-hydrogen) atoms. The minimum atomic E-state index is -0.403. The highest BCUT2D eigenvalue weighted by Crippen LogP contribution is 2.07. The molecule has 0 aromatic rings. The van der Waals surface area contributed by atoms with Gasteiger partial charge < -0.3 is 15.2 Å². The van der Waals surface area contributed by atoms with Crippen LogP contribution in [0.15, 0.2) is 0 Å². The van der Waals surface area contributed by atoms with E-state index in [2.05, 4.69) is 19.2 Å². The van der Waals surface area contributed by atoms with Crippen molar-refractivity contribution in [2.45, 2.75) is 65.6 Å². The van der Waals surface area contributed by atoms with E-state index in [1.807, 2.05) is 20.8 Å². The van der Waals surface area contributed by atoms with Crippen molar-refractivity contribution in [3.05, 3.63) is 0 Å². The molecule has 0 rings (SSSR count). The molecule has 0 saturated carbocycles. The molecule has 0 aliphatic rings. The van der Waals surface area contributed by atoms with Gasteiger partial charge in [0.25, 0.3) is 0 Å². The summed E-state index contributed by atoms with van der Waals surface area (Å²) in [5.74, 6) is 0.792. The maximum Gasteiger partial charge on any atom is 0.0897 e. The van der Waals surface area contributed by atoms with Crippen molar-refractivity contribution in [1.29, 1.82) is 0 Å². The van der Waals surface area contributed by atoms with E-state index in [0.29, 0.717) is 13.2 Å². The lowest BCUT2D eigenvalue weighted by Crippen LogP contribution is -2.34. The van der Waals surface area contributed by atoms with Crippen LogP contribution in [-0.4, -0.2) is 36.5 Å². The van der Waals surface area contributed by atoms with Crippen molar-refractivity contribution >= 4 is 0 Å². The van der Waals surface area contributed by atoms with E-state index < -0.39 is 6.10 Å². The van der Waals surface area contributed by atoms with Crippen LogP contribution in [0.2, 0.25) is 0 Å². The van der Waals surface area contributed by atoms with Gasteiger partial charge in [0.2, 0.25) is 0 Å². The van der Waals surface area contributed by atoms with Gasteiger partial charge in [-0.05, 0) is 39.7 Å². The Morgan fingerprint density at radius 3 is 2.35 bits per heavy atom. The quantitative estimate of drug-likeness (QED) is 0.614. The summed E-state index contributed by atoms with van der Waals surface area (Å²) < 4.78 is 5.51. The molecule has 2 N–H and O–H groups in total. The Hall–Kier alpha value is -0.120. The van der Waals surface area contributed by atoms with Crippen LogP contribution in [0, 0.1) is 5.92 Å². The lowest BCUT2D eigenvalue weighted by Gasteiger charge is -2.22. The highest BCUT2D eigenvalue weighted by atomic mass is 16.5. The molecule has 3 nitrogen and oxygen atoms in total. The topological polar surface area (TPSA) is 41.5 Å². The van der Waals surface area contributed by atoms with Gasteiger partial charge in [-0.25, -0.2) is 0 Å². The summed E-state index contributed by atoms with van der Waals surface area (Å²) in [5, 5.41) is 12.9. The average molecular weight is 245 g/mol. The average Bonchev–Trinajstić information content (AvgIpc) is 2.19. The number of aliphatic hydroxyl groups excluding tert-OH is 1. The van der Waals surface area contributed by atoms with Crippen LogP contribution in [0.25, 0.3) is 0 Å². The molecule has 0 saturated heterocycles. The predicted octanol–water partition coefficient (Wildman–Crippen LogP) is 2.58. The highest BCUT2D eigenvalue weighted by Gasteiger charge is 2.13. The number of unbranched alkanes of at least 4 members (excludes halogenated alkanes) is 1. The number of aliphatic hydroxyl groups is 1. The molecule has 104 valence electrons. The standard InChI is InChI=1S/C14H31NO2/c1-12(2)8-6-7-9-15-10-13(16)11-17-14(3,4)5/h12-13,15-16H,6-11H2,1-5H3. The molecule has 0 spiro atoms. The highest BCUT2D eigenvalue weighted by molar-refractivity contribution is 4.64. The van der Waals surface area contributed by atoms with Crippen LogP contribution >= 0.6 is 0 Å². The summed E-state index contributed by atoms with van der Waals surface area (Å²) in [4.78, 5) is 0. The van der Waals surface area contributed by atoms with Gasteiger partial charge in [-0.2, -0.15) is 0 Å². The third-order valence-corrected chi connectivity index (χ3v) is 2.47. The normalized spacial score (nSPS) is 14.3. The molecule has 0 radical (unpaired) electrons. The second kappa shape index (κ2) is 8.90. The zero-order valence-electron chi connectivity index (χ0n) is 12.3. The zero-order chi connectivity index (χ0) is 13.3. The Morgan fingerprint density at radius 1 is 1.18 bits per heavy atom. The molecule has 0 fully saturated rings. The minimum absolute atomic E-state index is 0.168. The molecule has 0 heterocycles. The molecule has 0 aliphatic carbocycles. The third kappa shape index (κ3) is 13.8. The van der Waals surface area contributed by atoms with E-state index in [9.17, 15) is 5.11 Å². The second-order valence-corrected chi connectivity index (χ2v) is 6.17. The predicted molar refractivity (Wildman–Crippen MR) is 73.3 cm³/mol. The van der Waals surface area contributed by atoms with Crippen molar-refractivity contribution in [3.8, 4) is 0 Å². The van der Waals surface area contributed by atoms with Crippen molar-refractivity contribution in [1.82, 2.24) is 5.32 Å². The summed E-state index contributed by atoms with van der Waals surface area (Å²) in [5.41, 5.74) is -0.168. The first-order chi connectivity index (χ1) is 7.81. The first-order valence-corrected chi connectivity index (χ1v) is 6.84. The molecule has 1 atom stereocenters. The third-order valence-electron chi connectivity index (χ3n) is 2.47. The van der Waals surface area contributed by atoms with Crippen LogP contribution < -0.4 is 5.32 Å². The molecule has 0 bridgehead atoms. The van der Waals surface area contributed by atoms with Gasteiger partial charge >= 0.3 is 0 Å². The molecule has 0 amide bonds. The number of hydrogen-bond acceptors (Lipinski definition) is 3. The van der Waals surface area contributed by atoms with E-state index in [-0.39, 0.29) is 5.60 Å². The summed E-state index contributed by atoms with van der Waals surface area (Å²) >= 11 is 0. The number of hydrogen-bond donors (Lipinski definition) is 2. The van der Waals surface area contributed by atoms with Crippen molar-refractivity contribution in [2.75, 3.05) is 19.7 Å². The smallest absolute Gasteiger partial charge is 0.0897 e. The van der Waals surface area contributed by atoms with Crippen molar-refractivity contribution < 1.29 is 9.84 Å². The van der Waals surface area contributed by atoms with Gasteiger partial charge in [-0.15, -0.1) is 0 Å². The maximum atomic E-state index is 9.67. The van der Waals surface area contributed by atoms with Gasteiger partial charge in [0, 0.05) is 6.54 Å². The molecular formula is C14H31NO2. The maximum absolute atomic E-state index is 9.67. The van der Waals surface area contributed by atoms with Crippen LogP contribution in [0.5, 0.6) is 0 Å². The van der Waals surface area contributed by atoms with Crippen LogP contribution in [0.1, 0.15) is 53.9 Å². The lowest BCUT2D eigenvalue weighted by atomic mass is 10.1. The van der Waals surface area contributed by atoms with Gasteiger partial charge in [-0.1, -0.05) is 26.7 Å². The van der Waals surface area contributed by atoms with E-state index in [1.165, 1.54) is 19.3 Å². The summed E-state index contributed by atoms with van der Waals surface area (Å²) in [6.45, 7) is 12.5. The molecule has 0 aromatic carbocycles. The van der Waals surface area contributed by atoms with E-state index in [0.717, 1.165) is 12.5 Å². The van der Waals surface area contributed by atoms with E-state index in [4.69, 9.17) is 4.74 Å². The SMILES string of the molecule is CC(C)CCCCNCC(O)COC(C)(C)C. The largest absolute Gasteiger partial charge is 0.389 e. The number of nitrogens with one attached hydrogen (secondary N) is 1. The first kappa shape index (κ1) is 16.9. The first-order valence-electron chi connectivity index (χ1n) is 6.84. The van der Waals surface area contributed by atoms with Gasteiger partial charge in [-0.3, -0.25) is 0 Å². The summed E-state index contributed by atoms with van der Waals surface area (Å²) in [6.07, 6.45) is 3.33. The van der Waals surface area contributed by atoms with Gasteiger partial charge in [0.1, 0.15) is 0 Å². The molecular weight excluding hydrogens is 214 g/mol. The van der Waals surface area contributed by atoms with Crippen molar-refractivity contribution in [2.24, 2.45) is 5.92 Å². The molecule has 0 aliphatic heterocycles. The number of rotatable bonds is 9. The lowest BCUT2D eigenvalue weighted by molar-refractivity contribution is -0.0478. The molecule has 3 heteroatoms. The van der Waals surface area contributed by atoms with Crippen LogP contribution in [0.3, 0.4) is 0 Å². The summed E-state index contributed by atoms with van der Waals surface area (Å²) in [7, 11) is 0. The molecule has 1 unspecified atom stereocenters. The van der Waals surface area contributed by atoms with Crippen LogP contribution in [0.4, 0.5) is 0 Å². The Labute approximate surface area is 107 Å². The fourth-order valence-corrected chi connectivity index (χ4v) is 1.48. The van der Waals surface area contributed by atoms with Crippen molar-refractivity contribution in [3.63, 3.8) is 0 Å². The Bertz CT molecular complexity index is 176. The minimum Gasteiger partial charge on any atom is -0.389 e. The Balaban J connectivity index is 3.31. The fourth-order valence-electron chi connectivity index (χ4n) is 1.48. The fraction of sp³-hybridized carbons (Fsp3) is 1.00. The number of ether oxygens (including phenoxy) is 1. The monoisotopic (exact) mass is 245 g/mol. The summed E-state index contributed by atoms with van der Waals surface area (Å²) in [6, 6.07) is 0. The zero-order valence-corrected chi connectivity index (χ0v) is 12.3. The second-order valence-electron chi connectivity index (χ2n) is 6.17. The van der Waals surface area contributed by atoms with Gasteiger partial charge in [0.15, 0.2) is 0 Å². The Morgan fingerprint density at radius 2 is 1.82 bits per heavy atom. The van der Waals surface area contributed by atoms with Crippen LogP contribution in [-0.2, 0) is 4.74 Å².